The van der Waals surface area contributed by atoms with Crippen LogP contribution >= 0.6 is 0 Å². The summed E-state index contributed by atoms with van der Waals surface area (Å²) in [5.74, 6) is 0. The normalized spacial score (nSPS) is 9.30. The van der Waals surface area contributed by atoms with Crippen LogP contribution in [0.15, 0.2) is 36.9 Å². The van der Waals surface area contributed by atoms with Crippen LogP contribution in [0.2, 0.25) is 0 Å². The Bertz CT molecular complexity index is 209. The van der Waals surface area contributed by atoms with E-state index >= 15 is 0 Å². The number of benzene rings is 1. The second-order valence-electron chi connectivity index (χ2n) is 2.32. The fourth-order valence-corrected chi connectivity index (χ4v) is 0.878. The lowest BCUT2D eigenvalue weighted by molar-refractivity contribution is 1.24. The molecule has 0 aromatic heterocycles. The van der Waals surface area contributed by atoms with E-state index in [4.69, 9.17) is 0 Å². The van der Waals surface area contributed by atoms with Crippen molar-refractivity contribution in [3.8, 4) is 0 Å². The van der Waals surface area contributed by atoms with Gasteiger partial charge >= 0.3 is 0 Å². The zero-order valence-electron chi connectivity index (χ0n) is 6.30. The van der Waals surface area contributed by atoms with Crippen LogP contribution in [0, 0.1) is 0 Å². The Morgan fingerprint density at radius 3 is 2.40 bits per heavy atom. The molecule has 52 valence electrons. The largest absolute Gasteiger partial charge is 0.0952 e. The van der Waals surface area contributed by atoms with Crippen molar-refractivity contribution in [1.82, 2.24) is 0 Å². The Balaban J connectivity index is 2.85. The SMILES string of the molecule is C=C(CC)c1ccccc1. The minimum atomic E-state index is 1.03. The summed E-state index contributed by atoms with van der Waals surface area (Å²) in [4.78, 5) is 0. The molecule has 10 heavy (non-hydrogen) atoms. The molecule has 0 N–H and O–H groups in total. The highest BCUT2D eigenvalue weighted by atomic mass is 14.0. The highest BCUT2D eigenvalue weighted by Gasteiger charge is 1.91. The molecule has 0 unspecified atom stereocenters. The van der Waals surface area contributed by atoms with Gasteiger partial charge in [0, 0.05) is 0 Å². The average Bonchev–Trinajstić information content (AvgIpc) is 2.05. The van der Waals surface area contributed by atoms with Gasteiger partial charge in [0.2, 0.25) is 0 Å². The Kier molecular flexibility index (Phi) is 2.27. The molecule has 0 radical (unpaired) electrons. The van der Waals surface area contributed by atoms with Crippen LogP contribution < -0.4 is 0 Å². The lowest BCUT2D eigenvalue weighted by atomic mass is 10.1. The van der Waals surface area contributed by atoms with Gasteiger partial charge in [0.15, 0.2) is 0 Å². The quantitative estimate of drug-likeness (QED) is 0.580. The van der Waals surface area contributed by atoms with Crippen molar-refractivity contribution >= 4 is 5.57 Å². The molecule has 1 aromatic rings. The first-order chi connectivity index (χ1) is 4.84. The maximum atomic E-state index is 3.94. The average molecular weight is 132 g/mol. The van der Waals surface area contributed by atoms with Gasteiger partial charge in [-0.3, -0.25) is 0 Å². The maximum Gasteiger partial charge on any atom is -0.0231 e. The molecule has 0 amide bonds. The molecule has 0 heterocycles. The fourth-order valence-electron chi connectivity index (χ4n) is 0.878. The minimum Gasteiger partial charge on any atom is -0.0952 e. The molecule has 0 atom stereocenters. The van der Waals surface area contributed by atoms with E-state index < -0.39 is 0 Å². The van der Waals surface area contributed by atoms with E-state index in [0.29, 0.717) is 0 Å². The molecule has 0 bridgehead atoms. The third kappa shape index (κ3) is 1.47. The van der Waals surface area contributed by atoms with Crippen molar-refractivity contribution in [1.29, 1.82) is 0 Å². The summed E-state index contributed by atoms with van der Waals surface area (Å²) < 4.78 is 0. The van der Waals surface area contributed by atoms with E-state index in [0.717, 1.165) is 6.42 Å². The second kappa shape index (κ2) is 3.21. The maximum absolute atomic E-state index is 3.94. The van der Waals surface area contributed by atoms with Crippen LogP contribution in [0.1, 0.15) is 18.9 Å². The number of allylic oxidation sites excluding steroid dienone is 1. The fraction of sp³-hybridized carbons (Fsp3) is 0.200. The van der Waals surface area contributed by atoms with Gasteiger partial charge in [0.25, 0.3) is 0 Å². The first-order valence-corrected chi connectivity index (χ1v) is 3.57. The van der Waals surface area contributed by atoms with E-state index in [1.807, 2.05) is 18.2 Å². The van der Waals surface area contributed by atoms with Gasteiger partial charge in [0.05, 0.1) is 0 Å². The van der Waals surface area contributed by atoms with Gasteiger partial charge in [-0.05, 0) is 17.6 Å². The monoisotopic (exact) mass is 132 g/mol. The van der Waals surface area contributed by atoms with Crippen LogP contribution in [0.25, 0.3) is 5.57 Å². The lowest BCUT2D eigenvalue weighted by Crippen LogP contribution is -1.77. The van der Waals surface area contributed by atoms with E-state index in [9.17, 15) is 0 Å². The molecule has 0 saturated heterocycles. The van der Waals surface area contributed by atoms with Crippen molar-refractivity contribution in [3.63, 3.8) is 0 Å². The van der Waals surface area contributed by atoms with E-state index in [2.05, 4.69) is 25.6 Å². The molecule has 0 spiro atoms. The second-order valence-corrected chi connectivity index (χ2v) is 2.32. The molecule has 0 fully saturated rings. The Morgan fingerprint density at radius 1 is 1.30 bits per heavy atom. The molecular formula is C10H12. The van der Waals surface area contributed by atoms with E-state index in [1.54, 1.807) is 0 Å². The van der Waals surface area contributed by atoms with Gasteiger partial charge in [-0.25, -0.2) is 0 Å². The first-order valence-electron chi connectivity index (χ1n) is 3.57. The summed E-state index contributed by atoms with van der Waals surface area (Å²) >= 11 is 0. The topological polar surface area (TPSA) is 0 Å². The zero-order valence-corrected chi connectivity index (χ0v) is 6.30. The molecule has 0 aliphatic carbocycles. The summed E-state index contributed by atoms with van der Waals surface area (Å²) in [5.41, 5.74) is 2.46. The first kappa shape index (κ1) is 7.07. The summed E-state index contributed by atoms with van der Waals surface area (Å²) in [6, 6.07) is 10.3. The molecule has 1 rings (SSSR count). The van der Waals surface area contributed by atoms with E-state index in [-0.39, 0.29) is 0 Å². The molecule has 0 aliphatic heterocycles. The standard InChI is InChI=1S/C10H12/c1-3-9(2)10-7-5-4-6-8-10/h4-8H,2-3H2,1H3. The molecule has 0 saturated carbocycles. The van der Waals surface area contributed by atoms with Gasteiger partial charge in [-0.1, -0.05) is 43.8 Å². The molecule has 0 heteroatoms. The van der Waals surface area contributed by atoms with Crippen LogP contribution in [0.3, 0.4) is 0 Å². The van der Waals surface area contributed by atoms with Crippen LogP contribution in [-0.2, 0) is 0 Å². The minimum absolute atomic E-state index is 1.03. The number of hydrogen-bond donors (Lipinski definition) is 0. The van der Waals surface area contributed by atoms with Crippen molar-refractivity contribution < 1.29 is 0 Å². The van der Waals surface area contributed by atoms with Gasteiger partial charge in [-0.15, -0.1) is 0 Å². The number of rotatable bonds is 2. The van der Waals surface area contributed by atoms with Crippen LogP contribution in [0.4, 0.5) is 0 Å². The Labute approximate surface area is 62.2 Å². The zero-order chi connectivity index (χ0) is 7.40. The Morgan fingerprint density at radius 2 is 1.90 bits per heavy atom. The summed E-state index contributed by atoms with van der Waals surface area (Å²) in [5, 5.41) is 0. The molecule has 1 aromatic carbocycles. The third-order valence-electron chi connectivity index (χ3n) is 1.61. The smallest absolute Gasteiger partial charge is 0.0231 e. The van der Waals surface area contributed by atoms with Crippen molar-refractivity contribution in [2.45, 2.75) is 13.3 Å². The van der Waals surface area contributed by atoms with E-state index in [1.165, 1.54) is 11.1 Å². The molecule has 0 nitrogen and oxygen atoms in total. The van der Waals surface area contributed by atoms with Crippen molar-refractivity contribution in [3.05, 3.63) is 42.5 Å². The Hall–Kier alpha value is -1.04. The molecular weight excluding hydrogens is 120 g/mol. The number of hydrogen-bond acceptors (Lipinski definition) is 0. The van der Waals surface area contributed by atoms with Gasteiger partial charge in [0.1, 0.15) is 0 Å². The molecule has 0 aliphatic rings. The predicted molar refractivity (Wildman–Crippen MR) is 45.8 cm³/mol. The van der Waals surface area contributed by atoms with Crippen LogP contribution in [0.5, 0.6) is 0 Å². The summed E-state index contributed by atoms with van der Waals surface area (Å²) in [6.07, 6.45) is 1.03. The predicted octanol–water partition coefficient (Wildman–Crippen LogP) is 3.11. The highest BCUT2D eigenvalue weighted by Crippen LogP contribution is 2.13. The van der Waals surface area contributed by atoms with Crippen LogP contribution in [-0.4, -0.2) is 0 Å². The summed E-state index contributed by atoms with van der Waals surface area (Å²) in [6.45, 7) is 6.06. The lowest BCUT2D eigenvalue weighted by Gasteiger charge is -1.99. The summed E-state index contributed by atoms with van der Waals surface area (Å²) in [7, 11) is 0. The highest BCUT2D eigenvalue weighted by molar-refractivity contribution is 5.62. The van der Waals surface area contributed by atoms with Crippen molar-refractivity contribution in [2.24, 2.45) is 0 Å². The van der Waals surface area contributed by atoms with Gasteiger partial charge in [-0.2, -0.15) is 0 Å². The van der Waals surface area contributed by atoms with Crippen molar-refractivity contribution in [2.75, 3.05) is 0 Å². The van der Waals surface area contributed by atoms with Gasteiger partial charge < -0.3 is 0 Å². The third-order valence-corrected chi connectivity index (χ3v) is 1.61.